The number of nitrogens with one attached hydrogen (secondary N) is 1. The van der Waals surface area contributed by atoms with Gasteiger partial charge in [-0.25, -0.2) is 4.98 Å². The van der Waals surface area contributed by atoms with Crippen molar-refractivity contribution < 1.29 is 9.72 Å². The van der Waals surface area contributed by atoms with E-state index in [0.29, 0.717) is 5.82 Å². The predicted octanol–water partition coefficient (Wildman–Crippen LogP) is 1.55. The number of ether oxygens (including phenoxy) is 1. The minimum Gasteiger partial charge on any atom is -0.496 e. The van der Waals surface area contributed by atoms with E-state index in [1.807, 2.05) is 19.1 Å². The van der Waals surface area contributed by atoms with Gasteiger partial charge in [0.1, 0.15) is 11.3 Å². The summed E-state index contributed by atoms with van der Waals surface area (Å²) in [4.78, 5) is 3.10. The molecule has 0 bridgehead atoms. The van der Waals surface area contributed by atoms with Crippen molar-refractivity contribution in [2.75, 3.05) is 12.8 Å². The minimum atomic E-state index is 0.611. The number of H-pyrrole nitrogens is 1. The maximum Gasteiger partial charge on any atom is 0.274 e. The van der Waals surface area contributed by atoms with Gasteiger partial charge in [0.2, 0.25) is 0 Å². The molecule has 2 rings (SSSR count). The first-order chi connectivity index (χ1) is 6.70. The summed E-state index contributed by atoms with van der Waals surface area (Å²) in [6.07, 6.45) is 0. The highest BCUT2D eigenvalue weighted by Crippen LogP contribution is 2.24. The van der Waals surface area contributed by atoms with Crippen LogP contribution in [0.5, 0.6) is 5.75 Å². The second kappa shape index (κ2) is 3.18. The molecule has 0 saturated carbocycles. The Labute approximate surface area is 82.5 Å². The van der Waals surface area contributed by atoms with E-state index in [-0.39, 0.29) is 0 Å². The molecule has 0 fully saturated rings. The zero-order chi connectivity index (χ0) is 10.1. The summed E-state index contributed by atoms with van der Waals surface area (Å²) in [5.41, 5.74) is 7.91. The van der Waals surface area contributed by atoms with E-state index in [2.05, 4.69) is 11.1 Å². The maximum atomic E-state index is 5.71. The van der Waals surface area contributed by atoms with Gasteiger partial charge in [0.15, 0.2) is 0 Å². The molecule has 0 aliphatic carbocycles. The molecular formula is C11H13N2O+. The highest BCUT2D eigenvalue weighted by Gasteiger charge is 2.07. The van der Waals surface area contributed by atoms with Gasteiger partial charge < -0.3 is 4.74 Å². The molecule has 3 heteroatoms. The van der Waals surface area contributed by atoms with Gasteiger partial charge in [0.25, 0.3) is 5.82 Å². The molecule has 0 radical (unpaired) electrons. The molecule has 0 saturated heterocycles. The third-order valence-corrected chi connectivity index (χ3v) is 2.23. The van der Waals surface area contributed by atoms with Crippen molar-refractivity contribution in [1.29, 1.82) is 0 Å². The highest BCUT2D eigenvalue weighted by atomic mass is 16.5. The van der Waals surface area contributed by atoms with Crippen molar-refractivity contribution >= 4 is 16.7 Å². The van der Waals surface area contributed by atoms with E-state index in [4.69, 9.17) is 10.5 Å². The fraction of sp³-hybridized carbons (Fsp3) is 0.182. The van der Waals surface area contributed by atoms with Crippen molar-refractivity contribution in [3.63, 3.8) is 0 Å². The number of anilines is 1. The lowest BCUT2D eigenvalue weighted by atomic mass is 10.1. The van der Waals surface area contributed by atoms with Crippen LogP contribution >= 0.6 is 0 Å². The number of aromatic nitrogens is 1. The van der Waals surface area contributed by atoms with Gasteiger partial charge in [-0.3, -0.25) is 5.73 Å². The van der Waals surface area contributed by atoms with Crippen molar-refractivity contribution in [1.82, 2.24) is 0 Å². The van der Waals surface area contributed by atoms with E-state index >= 15 is 0 Å². The van der Waals surface area contributed by atoms with E-state index in [0.717, 1.165) is 16.7 Å². The van der Waals surface area contributed by atoms with Crippen LogP contribution in [0.3, 0.4) is 0 Å². The number of pyridine rings is 1. The molecule has 72 valence electrons. The monoisotopic (exact) mass is 189 g/mol. The summed E-state index contributed by atoms with van der Waals surface area (Å²) >= 11 is 0. The Morgan fingerprint density at radius 1 is 1.29 bits per heavy atom. The Morgan fingerprint density at radius 3 is 2.79 bits per heavy atom. The first-order valence-corrected chi connectivity index (χ1v) is 4.47. The number of hydrogen-bond donors (Lipinski definition) is 1. The van der Waals surface area contributed by atoms with Gasteiger partial charge in [-0.1, -0.05) is 6.07 Å². The lowest BCUT2D eigenvalue weighted by Crippen LogP contribution is -2.11. The maximum absolute atomic E-state index is 5.71. The fourth-order valence-corrected chi connectivity index (χ4v) is 1.56. The lowest BCUT2D eigenvalue weighted by molar-refractivity contribution is -0.326. The number of methoxy groups -OCH3 is 1. The first kappa shape index (κ1) is 8.81. The number of aromatic amines is 1. The molecular weight excluding hydrogens is 176 g/mol. The molecule has 0 spiro atoms. The Hall–Kier alpha value is -1.77. The standard InChI is InChI=1S/C11H12N2O/c1-7-3-4-8-9(5-7)13-11(12)6-10(8)14-2/h3-6H,1-2H3,(H2,12,13)/p+1. The zero-order valence-corrected chi connectivity index (χ0v) is 8.29. The summed E-state index contributed by atoms with van der Waals surface area (Å²) in [6.45, 7) is 2.04. The van der Waals surface area contributed by atoms with Crippen molar-refractivity contribution in [3.05, 3.63) is 29.8 Å². The van der Waals surface area contributed by atoms with Crippen LogP contribution < -0.4 is 15.5 Å². The van der Waals surface area contributed by atoms with Gasteiger partial charge in [-0.2, -0.15) is 0 Å². The number of nitrogen functional groups attached to an aromatic ring is 1. The van der Waals surface area contributed by atoms with Crippen LogP contribution in [0.15, 0.2) is 24.3 Å². The Balaban J connectivity index is 2.81. The molecule has 1 aromatic heterocycles. The van der Waals surface area contributed by atoms with Crippen LogP contribution in [0.1, 0.15) is 5.56 Å². The number of nitrogens with two attached hydrogens (primary N) is 1. The van der Waals surface area contributed by atoms with Crippen LogP contribution in [0.4, 0.5) is 5.82 Å². The molecule has 0 amide bonds. The normalized spacial score (nSPS) is 10.4. The second-order valence-electron chi connectivity index (χ2n) is 3.34. The van der Waals surface area contributed by atoms with E-state index in [1.165, 1.54) is 5.56 Å². The third-order valence-electron chi connectivity index (χ3n) is 2.23. The van der Waals surface area contributed by atoms with Crippen LogP contribution in [-0.4, -0.2) is 7.11 Å². The van der Waals surface area contributed by atoms with E-state index in [9.17, 15) is 0 Å². The Morgan fingerprint density at radius 2 is 2.07 bits per heavy atom. The van der Waals surface area contributed by atoms with Crippen LogP contribution in [-0.2, 0) is 0 Å². The van der Waals surface area contributed by atoms with Crippen molar-refractivity contribution in [3.8, 4) is 5.75 Å². The largest absolute Gasteiger partial charge is 0.496 e. The van der Waals surface area contributed by atoms with Gasteiger partial charge >= 0.3 is 0 Å². The van der Waals surface area contributed by atoms with Crippen molar-refractivity contribution in [2.24, 2.45) is 0 Å². The molecule has 0 aliphatic rings. The predicted molar refractivity (Wildman–Crippen MR) is 56.2 cm³/mol. The number of aryl methyl sites for hydroxylation is 1. The van der Waals surface area contributed by atoms with Gasteiger partial charge in [-0.15, -0.1) is 0 Å². The average molecular weight is 189 g/mol. The smallest absolute Gasteiger partial charge is 0.274 e. The third kappa shape index (κ3) is 1.37. The average Bonchev–Trinajstić information content (AvgIpc) is 2.15. The van der Waals surface area contributed by atoms with Crippen LogP contribution in [0, 0.1) is 6.92 Å². The fourth-order valence-electron chi connectivity index (χ4n) is 1.56. The van der Waals surface area contributed by atoms with Gasteiger partial charge in [0.05, 0.1) is 18.6 Å². The SMILES string of the molecule is COc1cc(N)[nH+]c2cc(C)ccc12. The molecule has 3 N–H and O–H groups in total. The molecule has 1 aromatic carbocycles. The first-order valence-electron chi connectivity index (χ1n) is 4.47. The van der Waals surface area contributed by atoms with Crippen molar-refractivity contribution in [2.45, 2.75) is 6.92 Å². The highest BCUT2D eigenvalue weighted by molar-refractivity contribution is 5.83. The van der Waals surface area contributed by atoms with Gasteiger partial charge in [0, 0.05) is 0 Å². The summed E-state index contributed by atoms with van der Waals surface area (Å²) < 4.78 is 5.25. The molecule has 0 unspecified atom stereocenters. The lowest BCUT2D eigenvalue weighted by Gasteiger charge is -2.03. The van der Waals surface area contributed by atoms with E-state index in [1.54, 1.807) is 13.2 Å². The Bertz CT molecular complexity index is 475. The molecule has 1 heterocycles. The number of rotatable bonds is 1. The minimum absolute atomic E-state index is 0.611. The summed E-state index contributed by atoms with van der Waals surface area (Å²) in [7, 11) is 1.65. The molecule has 0 aliphatic heterocycles. The molecule has 0 atom stereocenters. The number of hydrogen-bond acceptors (Lipinski definition) is 2. The van der Waals surface area contributed by atoms with Crippen LogP contribution in [0.2, 0.25) is 0 Å². The topological polar surface area (TPSA) is 49.4 Å². The summed E-state index contributed by atoms with van der Waals surface area (Å²) in [5.74, 6) is 1.41. The molecule has 2 aromatic rings. The summed E-state index contributed by atoms with van der Waals surface area (Å²) in [6, 6.07) is 7.92. The zero-order valence-electron chi connectivity index (χ0n) is 8.29. The number of benzene rings is 1. The number of fused-ring (bicyclic) bond motifs is 1. The molecule has 3 nitrogen and oxygen atoms in total. The summed E-state index contributed by atoms with van der Waals surface area (Å²) in [5, 5.41) is 1.05. The molecule has 14 heavy (non-hydrogen) atoms. The van der Waals surface area contributed by atoms with E-state index < -0.39 is 0 Å². The Kier molecular flexibility index (Phi) is 2.00. The van der Waals surface area contributed by atoms with Gasteiger partial charge in [-0.05, 0) is 24.6 Å². The second-order valence-corrected chi connectivity index (χ2v) is 3.34. The van der Waals surface area contributed by atoms with Crippen LogP contribution in [0.25, 0.3) is 10.9 Å². The quantitative estimate of drug-likeness (QED) is 0.740.